The molecule has 0 saturated carbocycles. The van der Waals surface area contributed by atoms with Crippen molar-refractivity contribution in [1.29, 1.82) is 0 Å². The predicted octanol–water partition coefficient (Wildman–Crippen LogP) is 2.26. The zero-order valence-corrected chi connectivity index (χ0v) is 11.8. The highest BCUT2D eigenvalue weighted by molar-refractivity contribution is 7.98. The number of rotatable bonds is 6. The maximum atomic E-state index is 5.50. The molecule has 2 rings (SSSR count). The summed E-state index contributed by atoms with van der Waals surface area (Å²) in [6, 6.07) is 4.39. The fourth-order valence-electron chi connectivity index (χ4n) is 2.34. The summed E-state index contributed by atoms with van der Waals surface area (Å²) >= 11 is 1.86. The van der Waals surface area contributed by atoms with Gasteiger partial charge in [-0.1, -0.05) is 6.42 Å². The predicted molar refractivity (Wildman–Crippen MR) is 78.6 cm³/mol. The fourth-order valence-corrected chi connectivity index (χ4v) is 3.02. The lowest BCUT2D eigenvalue weighted by molar-refractivity contribution is 0.221. The minimum absolute atomic E-state index is 0.748. The van der Waals surface area contributed by atoms with Crippen molar-refractivity contribution < 1.29 is 0 Å². The number of thioether (sulfide) groups is 1. The van der Waals surface area contributed by atoms with Crippen LogP contribution in [0.3, 0.4) is 0 Å². The minimum atomic E-state index is 0.748. The van der Waals surface area contributed by atoms with Gasteiger partial charge in [0.2, 0.25) is 0 Å². The van der Waals surface area contributed by atoms with Crippen LogP contribution in [0.25, 0.3) is 0 Å². The number of nitrogens with two attached hydrogens (primary N) is 1. The molecule has 3 nitrogen and oxygen atoms in total. The van der Waals surface area contributed by atoms with Gasteiger partial charge < -0.3 is 5.73 Å². The molecule has 1 fully saturated rings. The molecular formula is C14H23N3S. The van der Waals surface area contributed by atoms with Gasteiger partial charge in [0.15, 0.2) is 0 Å². The molecule has 0 unspecified atom stereocenters. The van der Waals surface area contributed by atoms with E-state index in [9.17, 15) is 0 Å². The first-order valence-electron chi connectivity index (χ1n) is 6.82. The molecule has 0 radical (unpaired) electrons. The highest BCUT2D eigenvalue weighted by atomic mass is 32.2. The van der Waals surface area contributed by atoms with Crippen molar-refractivity contribution in [3.63, 3.8) is 0 Å². The van der Waals surface area contributed by atoms with E-state index in [1.54, 1.807) is 0 Å². The number of likely N-dealkylation sites (tertiary alicyclic amines) is 1. The molecule has 1 aromatic heterocycles. The summed E-state index contributed by atoms with van der Waals surface area (Å²) in [6.07, 6.45) is 6.04. The zero-order chi connectivity index (χ0) is 12.6. The summed E-state index contributed by atoms with van der Waals surface area (Å²) in [5.74, 6) is 1.99. The van der Waals surface area contributed by atoms with E-state index < -0.39 is 0 Å². The molecule has 1 aliphatic heterocycles. The second-order valence-corrected chi connectivity index (χ2v) is 5.94. The molecule has 1 aromatic rings. The number of aromatic nitrogens is 1. The second kappa shape index (κ2) is 7.77. The Morgan fingerprint density at radius 3 is 2.89 bits per heavy atom. The van der Waals surface area contributed by atoms with Crippen LogP contribution in [0, 0.1) is 0 Å². The van der Waals surface area contributed by atoms with Crippen molar-refractivity contribution in [2.24, 2.45) is 5.73 Å². The monoisotopic (exact) mass is 265 g/mol. The molecule has 0 aromatic carbocycles. The number of pyridine rings is 1. The first kappa shape index (κ1) is 13.8. The molecule has 1 saturated heterocycles. The summed E-state index contributed by atoms with van der Waals surface area (Å²) in [4.78, 5) is 6.98. The lowest BCUT2D eigenvalue weighted by atomic mass is 10.1. The second-order valence-electron chi connectivity index (χ2n) is 4.83. The van der Waals surface area contributed by atoms with Gasteiger partial charge >= 0.3 is 0 Å². The van der Waals surface area contributed by atoms with Crippen molar-refractivity contribution in [3.8, 4) is 0 Å². The zero-order valence-electron chi connectivity index (χ0n) is 11.0. The third-order valence-corrected chi connectivity index (χ3v) is 4.27. The van der Waals surface area contributed by atoms with E-state index in [-0.39, 0.29) is 0 Å². The van der Waals surface area contributed by atoms with Crippen LogP contribution in [0.1, 0.15) is 30.5 Å². The van der Waals surface area contributed by atoms with Crippen molar-refractivity contribution in [2.75, 3.05) is 25.4 Å². The molecule has 100 valence electrons. The lowest BCUT2D eigenvalue weighted by Gasteiger charge is -2.26. The number of hydrogen-bond acceptors (Lipinski definition) is 4. The number of nitrogens with zero attached hydrogens (tertiary/aromatic N) is 2. The number of piperidine rings is 1. The molecule has 2 N–H and O–H groups in total. The van der Waals surface area contributed by atoms with Crippen LogP contribution in [0.4, 0.5) is 0 Å². The van der Waals surface area contributed by atoms with Gasteiger partial charge in [-0.15, -0.1) is 0 Å². The summed E-state index contributed by atoms with van der Waals surface area (Å²) in [5.41, 5.74) is 8.08. The van der Waals surface area contributed by atoms with Crippen LogP contribution < -0.4 is 5.73 Å². The largest absolute Gasteiger partial charge is 0.330 e. The van der Waals surface area contributed by atoms with Gasteiger partial charge in [-0.05, 0) is 43.6 Å². The quantitative estimate of drug-likeness (QED) is 0.801. The van der Waals surface area contributed by atoms with Crippen LogP contribution >= 0.6 is 11.8 Å². The van der Waals surface area contributed by atoms with E-state index in [1.165, 1.54) is 43.6 Å². The molecule has 1 aliphatic rings. The minimum Gasteiger partial charge on any atom is -0.330 e. The average Bonchev–Trinajstić information content (AvgIpc) is 2.41. The highest BCUT2D eigenvalue weighted by Gasteiger charge is 2.10. The van der Waals surface area contributed by atoms with Crippen molar-refractivity contribution >= 4 is 11.8 Å². The van der Waals surface area contributed by atoms with E-state index in [1.807, 2.05) is 18.0 Å². The topological polar surface area (TPSA) is 42.1 Å². The van der Waals surface area contributed by atoms with E-state index in [2.05, 4.69) is 22.0 Å². The Bertz CT molecular complexity index is 351. The number of hydrogen-bond donors (Lipinski definition) is 1. The summed E-state index contributed by atoms with van der Waals surface area (Å²) in [7, 11) is 0. The standard InChI is InChI=1S/C14H23N3S/c15-5-9-18-12-14-10-13(4-6-16-14)11-17-7-2-1-3-8-17/h4,6,10H,1-3,5,7-9,11-12,15H2. The van der Waals surface area contributed by atoms with Crippen LogP contribution in [0.15, 0.2) is 18.3 Å². The van der Waals surface area contributed by atoms with Gasteiger partial charge in [-0.25, -0.2) is 0 Å². The summed E-state index contributed by atoms with van der Waals surface area (Å²) < 4.78 is 0. The molecule has 0 aliphatic carbocycles. The third kappa shape index (κ3) is 4.59. The van der Waals surface area contributed by atoms with Crippen LogP contribution in [0.2, 0.25) is 0 Å². The smallest absolute Gasteiger partial charge is 0.0505 e. The third-order valence-electron chi connectivity index (χ3n) is 3.25. The van der Waals surface area contributed by atoms with Crippen LogP contribution in [-0.4, -0.2) is 35.3 Å². The Labute approximate surface area is 114 Å². The molecule has 0 spiro atoms. The molecule has 0 atom stereocenters. The van der Waals surface area contributed by atoms with Crippen LogP contribution in [-0.2, 0) is 12.3 Å². The molecule has 2 heterocycles. The maximum Gasteiger partial charge on any atom is 0.0505 e. The molecule has 18 heavy (non-hydrogen) atoms. The van der Waals surface area contributed by atoms with E-state index in [4.69, 9.17) is 5.73 Å². The van der Waals surface area contributed by atoms with Crippen molar-refractivity contribution in [1.82, 2.24) is 9.88 Å². The molecule has 0 amide bonds. The highest BCUT2D eigenvalue weighted by Crippen LogP contribution is 2.15. The van der Waals surface area contributed by atoms with Gasteiger partial charge in [0.05, 0.1) is 5.69 Å². The van der Waals surface area contributed by atoms with Gasteiger partial charge in [0, 0.05) is 30.8 Å². The summed E-state index contributed by atoms with van der Waals surface area (Å²) in [6.45, 7) is 4.33. The van der Waals surface area contributed by atoms with E-state index >= 15 is 0 Å². The van der Waals surface area contributed by atoms with E-state index in [0.717, 1.165) is 24.6 Å². The summed E-state index contributed by atoms with van der Waals surface area (Å²) in [5, 5.41) is 0. The van der Waals surface area contributed by atoms with Gasteiger partial charge in [0.25, 0.3) is 0 Å². The van der Waals surface area contributed by atoms with Crippen LogP contribution in [0.5, 0.6) is 0 Å². The van der Waals surface area contributed by atoms with Crippen molar-refractivity contribution in [3.05, 3.63) is 29.6 Å². The molecule has 4 heteroatoms. The normalized spacial score (nSPS) is 16.9. The Morgan fingerprint density at radius 2 is 2.11 bits per heavy atom. The van der Waals surface area contributed by atoms with Gasteiger partial charge in [0.1, 0.15) is 0 Å². The first-order valence-corrected chi connectivity index (χ1v) is 7.98. The Hall–Kier alpha value is -0.580. The molecule has 0 bridgehead atoms. The Kier molecular flexibility index (Phi) is 5.97. The Morgan fingerprint density at radius 1 is 1.28 bits per heavy atom. The van der Waals surface area contributed by atoms with Crippen molar-refractivity contribution in [2.45, 2.75) is 31.6 Å². The fraction of sp³-hybridized carbons (Fsp3) is 0.643. The lowest BCUT2D eigenvalue weighted by Crippen LogP contribution is -2.29. The molecular weight excluding hydrogens is 242 g/mol. The SMILES string of the molecule is NCCSCc1cc(CN2CCCCC2)ccn1. The average molecular weight is 265 g/mol. The van der Waals surface area contributed by atoms with Gasteiger partial charge in [-0.3, -0.25) is 9.88 Å². The van der Waals surface area contributed by atoms with E-state index in [0.29, 0.717) is 0 Å². The maximum absolute atomic E-state index is 5.50. The Balaban J connectivity index is 1.85. The van der Waals surface area contributed by atoms with Gasteiger partial charge in [-0.2, -0.15) is 11.8 Å². The first-order chi connectivity index (χ1) is 8.88.